The fourth-order valence-electron chi connectivity index (χ4n) is 3.06. The Hall–Kier alpha value is -3.27. The Kier molecular flexibility index (Phi) is 4.32. The number of aryl methyl sites for hydroxylation is 2. The van der Waals surface area contributed by atoms with Gasteiger partial charge in [0.15, 0.2) is 5.65 Å². The number of anilines is 1. The van der Waals surface area contributed by atoms with Crippen LogP contribution in [0.1, 0.15) is 26.7 Å². The van der Waals surface area contributed by atoms with E-state index in [1.807, 2.05) is 0 Å². The van der Waals surface area contributed by atoms with Crippen LogP contribution in [0.25, 0.3) is 5.65 Å². The van der Waals surface area contributed by atoms with Gasteiger partial charge in [-0.15, -0.1) is 0 Å². The van der Waals surface area contributed by atoms with Crippen LogP contribution >= 0.6 is 0 Å². The van der Waals surface area contributed by atoms with E-state index < -0.39 is 5.91 Å². The minimum absolute atomic E-state index is 0.210. The number of carbonyl (C=O) groups excluding carboxylic acids is 2. The molecule has 0 spiro atoms. The third-order valence-corrected chi connectivity index (χ3v) is 4.38. The van der Waals surface area contributed by atoms with Gasteiger partial charge in [0.25, 0.3) is 11.8 Å². The van der Waals surface area contributed by atoms with Crippen LogP contribution in [0.3, 0.4) is 0 Å². The number of hydrogen-bond donors (Lipinski definition) is 1. The molecule has 1 N–H and O–H groups in total. The zero-order chi connectivity index (χ0) is 19.0. The molecule has 4 rings (SSSR count). The number of morpholine rings is 1. The topological polar surface area (TPSA) is 107 Å². The summed E-state index contributed by atoms with van der Waals surface area (Å²) >= 11 is 0. The van der Waals surface area contributed by atoms with E-state index in [2.05, 4.69) is 20.5 Å². The fraction of sp³-hybridized carbons (Fsp3) is 0.353. The van der Waals surface area contributed by atoms with Crippen molar-refractivity contribution in [2.75, 3.05) is 31.6 Å². The highest BCUT2D eigenvalue weighted by Gasteiger charge is 2.27. The number of carbonyl (C=O) groups is 2. The lowest BCUT2D eigenvalue weighted by Gasteiger charge is -2.26. The molecule has 4 heterocycles. The lowest BCUT2D eigenvalue weighted by atomic mass is 10.2. The molecule has 10 heteroatoms. The number of fused-ring (bicyclic) bond motifs is 1. The highest BCUT2D eigenvalue weighted by molar-refractivity contribution is 6.11. The molecule has 1 aliphatic heterocycles. The van der Waals surface area contributed by atoms with Crippen LogP contribution < -0.4 is 5.32 Å². The van der Waals surface area contributed by atoms with Crippen LogP contribution in [-0.4, -0.2) is 67.4 Å². The molecule has 1 saturated heterocycles. The summed E-state index contributed by atoms with van der Waals surface area (Å²) in [7, 11) is 1.63. The molecule has 0 radical (unpaired) electrons. The van der Waals surface area contributed by atoms with E-state index in [0.717, 1.165) is 0 Å². The van der Waals surface area contributed by atoms with Gasteiger partial charge in [0.1, 0.15) is 11.5 Å². The number of aromatic nitrogens is 5. The normalized spacial score (nSPS) is 14.5. The van der Waals surface area contributed by atoms with E-state index in [4.69, 9.17) is 4.74 Å². The highest BCUT2D eigenvalue weighted by atomic mass is 16.5. The standard InChI is InChI=1S/C17H19N7O3/c1-11-19-14-4-3-12(10-24(14)21-11)20-16(25)15-13(9-18-22(15)2)17(26)23-5-7-27-8-6-23/h3-4,9-10H,5-8H2,1-2H3,(H,20,25). The number of amides is 2. The minimum Gasteiger partial charge on any atom is -0.378 e. The van der Waals surface area contributed by atoms with Gasteiger partial charge in [-0.05, 0) is 19.1 Å². The van der Waals surface area contributed by atoms with Crippen LogP contribution in [0.2, 0.25) is 0 Å². The van der Waals surface area contributed by atoms with Gasteiger partial charge < -0.3 is 15.0 Å². The molecular weight excluding hydrogens is 350 g/mol. The fourth-order valence-corrected chi connectivity index (χ4v) is 3.06. The molecule has 1 aliphatic rings. The van der Waals surface area contributed by atoms with Gasteiger partial charge in [-0.25, -0.2) is 9.50 Å². The van der Waals surface area contributed by atoms with Gasteiger partial charge in [0.2, 0.25) is 0 Å². The average Bonchev–Trinajstić information content (AvgIpc) is 3.23. The van der Waals surface area contributed by atoms with Gasteiger partial charge in [-0.1, -0.05) is 0 Å². The van der Waals surface area contributed by atoms with Crippen molar-refractivity contribution in [1.29, 1.82) is 0 Å². The third kappa shape index (κ3) is 3.26. The Morgan fingerprint density at radius 3 is 2.78 bits per heavy atom. The molecule has 27 heavy (non-hydrogen) atoms. The van der Waals surface area contributed by atoms with Crippen molar-refractivity contribution in [2.24, 2.45) is 7.05 Å². The van der Waals surface area contributed by atoms with Crippen LogP contribution in [0.4, 0.5) is 5.69 Å². The Bertz CT molecular complexity index is 1020. The Labute approximate surface area is 154 Å². The van der Waals surface area contributed by atoms with E-state index in [9.17, 15) is 9.59 Å². The predicted molar refractivity (Wildman–Crippen MR) is 95.6 cm³/mol. The molecule has 0 unspecified atom stereocenters. The lowest BCUT2D eigenvalue weighted by molar-refractivity contribution is 0.0302. The van der Waals surface area contributed by atoms with Crippen LogP contribution in [0, 0.1) is 6.92 Å². The highest BCUT2D eigenvalue weighted by Crippen LogP contribution is 2.16. The van der Waals surface area contributed by atoms with Gasteiger partial charge >= 0.3 is 0 Å². The van der Waals surface area contributed by atoms with Crippen molar-refractivity contribution in [2.45, 2.75) is 6.92 Å². The maximum atomic E-state index is 12.8. The second-order valence-electron chi connectivity index (χ2n) is 6.27. The first-order valence-corrected chi connectivity index (χ1v) is 8.56. The van der Waals surface area contributed by atoms with Crippen molar-refractivity contribution < 1.29 is 14.3 Å². The number of nitrogens with one attached hydrogen (secondary N) is 1. The van der Waals surface area contributed by atoms with Gasteiger partial charge in [-0.2, -0.15) is 10.2 Å². The third-order valence-electron chi connectivity index (χ3n) is 4.38. The maximum Gasteiger partial charge on any atom is 0.274 e. The van der Waals surface area contributed by atoms with Crippen molar-refractivity contribution >= 4 is 23.1 Å². The first kappa shape index (κ1) is 17.2. The van der Waals surface area contributed by atoms with Crippen molar-refractivity contribution in [1.82, 2.24) is 29.3 Å². The maximum absolute atomic E-state index is 12.8. The summed E-state index contributed by atoms with van der Waals surface area (Å²) in [5, 5.41) is 11.1. The Morgan fingerprint density at radius 2 is 2.00 bits per heavy atom. The molecule has 0 atom stereocenters. The predicted octanol–water partition coefficient (Wildman–Crippen LogP) is 0.496. The zero-order valence-corrected chi connectivity index (χ0v) is 15.0. The Balaban J connectivity index is 1.59. The SMILES string of the molecule is Cc1nc2ccc(NC(=O)c3c(C(=O)N4CCOCC4)cnn3C)cn2n1. The van der Waals surface area contributed by atoms with E-state index in [1.54, 1.807) is 41.7 Å². The summed E-state index contributed by atoms with van der Waals surface area (Å²) < 4.78 is 8.27. The number of rotatable bonds is 3. The molecule has 1 fully saturated rings. The minimum atomic E-state index is -0.414. The van der Waals surface area contributed by atoms with Gasteiger partial charge in [-0.3, -0.25) is 14.3 Å². The average molecular weight is 369 g/mol. The molecule has 140 valence electrons. The number of hydrogen-bond acceptors (Lipinski definition) is 6. The molecule has 3 aromatic heterocycles. The number of ether oxygens (including phenoxy) is 1. The van der Waals surface area contributed by atoms with Crippen LogP contribution in [-0.2, 0) is 11.8 Å². The summed E-state index contributed by atoms with van der Waals surface area (Å²) in [4.78, 5) is 31.5. The summed E-state index contributed by atoms with van der Waals surface area (Å²) in [6.07, 6.45) is 3.10. The first-order valence-electron chi connectivity index (χ1n) is 8.56. The van der Waals surface area contributed by atoms with E-state index >= 15 is 0 Å². The summed E-state index contributed by atoms with van der Waals surface area (Å²) in [5.74, 6) is 0.00482. The summed E-state index contributed by atoms with van der Waals surface area (Å²) in [6, 6.07) is 3.50. The number of pyridine rings is 1. The molecule has 0 aromatic carbocycles. The molecule has 2 amide bonds. The lowest BCUT2D eigenvalue weighted by Crippen LogP contribution is -2.41. The van der Waals surface area contributed by atoms with Crippen molar-refractivity contribution in [3.05, 3.63) is 41.6 Å². The molecule has 0 bridgehead atoms. The Morgan fingerprint density at radius 1 is 1.22 bits per heavy atom. The zero-order valence-electron chi connectivity index (χ0n) is 15.0. The summed E-state index contributed by atoms with van der Waals surface area (Å²) in [5.41, 5.74) is 1.72. The van der Waals surface area contributed by atoms with Crippen LogP contribution in [0.5, 0.6) is 0 Å². The molecule has 10 nitrogen and oxygen atoms in total. The van der Waals surface area contributed by atoms with E-state index in [-0.39, 0.29) is 17.2 Å². The van der Waals surface area contributed by atoms with Crippen molar-refractivity contribution in [3.63, 3.8) is 0 Å². The second-order valence-corrected chi connectivity index (χ2v) is 6.27. The molecular formula is C17H19N7O3. The number of nitrogens with zero attached hydrogens (tertiary/aromatic N) is 6. The van der Waals surface area contributed by atoms with Crippen LogP contribution in [0.15, 0.2) is 24.5 Å². The molecule has 0 aliphatic carbocycles. The smallest absolute Gasteiger partial charge is 0.274 e. The van der Waals surface area contributed by atoms with Crippen molar-refractivity contribution in [3.8, 4) is 0 Å². The summed E-state index contributed by atoms with van der Waals surface area (Å²) in [6.45, 7) is 3.77. The second kappa shape index (κ2) is 6.80. The molecule has 0 saturated carbocycles. The van der Waals surface area contributed by atoms with Gasteiger partial charge in [0.05, 0.1) is 36.9 Å². The van der Waals surface area contributed by atoms with E-state index in [0.29, 0.717) is 43.5 Å². The largest absolute Gasteiger partial charge is 0.378 e. The quantitative estimate of drug-likeness (QED) is 0.720. The van der Waals surface area contributed by atoms with E-state index in [1.165, 1.54) is 10.9 Å². The van der Waals surface area contributed by atoms with Gasteiger partial charge in [0, 0.05) is 20.1 Å². The first-order chi connectivity index (χ1) is 13.0. The molecule has 3 aromatic rings. The monoisotopic (exact) mass is 369 g/mol.